The van der Waals surface area contributed by atoms with Gasteiger partial charge in [-0.1, -0.05) is 74.0 Å². The number of para-hydroxylation sites is 2. The fraction of sp³-hybridized carbons (Fsp3) is 0.267. The van der Waals surface area contributed by atoms with Gasteiger partial charge in [-0.15, -0.1) is 0 Å². The molecule has 36 heavy (non-hydrogen) atoms. The maximum Gasteiger partial charge on any atom is 0.224 e. The number of hydrogen-bond acceptors (Lipinski definition) is 4. The van der Waals surface area contributed by atoms with Crippen LogP contribution < -0.4 is 15.0 Å². The maximum absolute atomic E-state index is 13.6. The summed E-state index contributed by atoms with van der Waals surface area (Å²) in [5, 5.41) is 3.94. The number of rotatable bonds is 4. The summed E-state index contributed by atoms with van der Waals surface area (Å²) < 4.78 is 5.97. The van der Waals surface area contributed by atoms with Crippen LogP contribution in [-0.4, -0.2) is 11.7 Å². The SMILES string of the molecule is CC(=O)N1c2ccccc2NC2=C(C(=O)CC(C)(C)C2)[C@H]1c1ccc(OCc2ccccc2)cc1Cl. The molecule has 0 bridgehead atoms. The van der Waals surface area contributed by atoms with Crippen molar-refractivity contribution in [2.45, 2.75) is 46.3 Å². The Morgan fingerprint density at radius 1 is 1.06 bits per heavy atom. The summed E-state index contributed by atoms with van der Waals surface area (Å²) in [6.45, 7) is 6.13. The van der Waals surface area contributed by atoms with Gasteiger partial charge in [0, 0.05) is 29.6 Å². The number of anilines is 2. The van der Waals surface area contributed by atoms with Crippen LogP contribution in [-0.2, 0) is 16.2 Å². The third-order valence-electron chi connectivity index (χ3n) is 6.75. The van der Waals surface area contributed by atoms with Gasteiger partial charge in [-0.25, -0.2) is 0 Å². The van der Waals surface area contributed by atoms with Gasteiger partial charge in [0.15, 0.2) is 5.78 Å². The topological polar surface area (TPSA) is 58.6 Å². The highest BCUT2D eigenvalue weighted by molar-refractivity contribution is 6.31. The summed E-state index contributed by atoms with van der Waals surface area (Å²) in [7, 11) is 0. The molecule has 1 amide bonds. The summed E-state index contributed by atoms with van der Waals surface area (Å²) in [5.41, 5.74) is 4.52. The number of ketones is 1. The zero-order valence-corrected chi connectivity index (χ0v) is 21.4. The van der Waals surface area contributed by atoms with Crippen molar-refractivity contribution in [3.05, 3.63) is 100 Å². The number of hydrogen-bond donors (Lipinski definition) is 1. The van der Waals surface area contributed by atoms with E-state index in [1.807, 2.05) is 66.7 Å². The predicted octanol–water partition coefficient (Wildman–Crippen LogP) is 7.08. The fourth-order valence-corrected chi connectivity index (χ4v) is 5.46. The van der Waals surface area contributed by atoms with Crippen molar-refractivity contribution in [1.29, 1.82) is 0 Å². The lowest BCUT2D eigenvalue weighted by Gasteiger charge is -2.37. The number of nitrogens with one attached hydrogen (secondary N) is 1. The number of carbonyl (C=O) groups excluding carboxylic acids is 2. The maximum atomic E-state index is 13.6. The minimum Gasteiger partial charge on any atom is -0.489 e. The van der Waals surface area contributed by atoms with E-state index in [1.165, 1.54) is 6.92 Å². The number of Topliss-reactive ketones (excluding diaryl/α,β-unsaturated/α-hetero) is 1. The molecule has 0 fully saturated rings. The van der Waals surface area contributed by atoms with E-state index >= 15 is 0 Å². The zero-order chi connectivity index (χ0) is 25.4. The van der Waals surface area contributed by atoms with Crippen molar-refractivity contribution >= 4 is 34.7 Å². The number of amides is 1. The van der Waals surface area contributed by atoms with Crippen LogP contribution in [0, 0.1) is 5.41 Å². The van der Waals surface area contributed by atoms with Crippen molar-refractivity contribution < 1.29 is 14.3 Å². The smallest absolute Gasteiger partial charge is 0.224 e. The molecule has 0 saturated heterocycles. The van der Waals surface area contributed by atoms with Crippen LogP contribution in [0.25, 0.3) is 0 Å². The van der Waals surface area contributed by atoms with Crippen molar-refractivity contribution in [1.82, 2.24) is 0 Å². The van der Waals surface area contributed by atoms with E-state index in [2.05, 4.69) is 19.2 Å². The van der Waals surface area contributed by atoms with Gasteiger partial charge in [0.25, 0.3) is 0 Å². The third-order valence-corrected chi connectivity index (χ3v) is 7.08. The normalized spacial score (nSPS) is 18.6. The van der Waals surface area contributed by atoms with E-state index in [-0.39, 0.29) is 17.1 Å². The lowest BCUT2D eigenvalue weighted by atomic mass is 9.73. The zero-order valence-electron chi connectivity index (χ0n) is 20.7. The second-order valence-electron chi connectivity index (χ2n) is 10.2. The number of ether oxygens (including phenoxy) is 1. The average molecular weight is 501 g/mol. The minimum absolute atomic E-state index is 0.0262. The monoisotopic (exact) mass is 500 g/mol. The highest BCUT2D eigenvalue weighted by Crippen LogP contribution is 2.49. The van der Waals surface area contributed by atoms with Gasteiger partial charge >= 0.3 is 0 Å². The first-order valence-electron chi connectivity index (χ1n) is 12.1. The standard InChI is InChI=1S/C30H29ClN2O3/c1-19(34)33-26-12-8-7-11-24(26)32-25-16-30(2,3)17-27(35)28(25)29(33)22-14-13-21(15-23(22)31)36-18-20-9-5-4-6-10-20/h4-15,29,32H,16-18H2,1-3H3/t29-/m1/s1. The molecular weight excluding hydrogens is 472 g/mol. The molecule has 0 radical (unpaired) electrons. The van der Waals surface area contributed by atoms with Gasteiger partial charge in [-0.05, 0) is 47.2 Å². The molecule has 1 aliphatic carbocycles. The minimum atomic E-state index is -0.645. The molecule has 5 rings (SSSR count). The molecule has 2 aliphatic rings. The molecule has 3 aromatic rings. The molecule has 184 valence electrons. The first-order valence-corrected chi connectivity index (χ1v) is 12.5. The number of nitrogens with zero attached hydrogens (tertiary/aromatic N) is 1. The molecular formula is C30H29ClN2O3. The summed E-state index contributed by atoms with van der Waals surface area (Å²) in [6, 6.07) is 22.4. The number of halogens is 1. The van der Waals surface area contributed by atoms with Crippen LogP contribution in [0.15, 0.2) is 84.1 Å². The first-order chi connectivity index (χ1) is 17.2. The van der Waals surface area contributed by atoms with Crippen LogP contribution in [0.4, 0.5) is 11.4 Å². The number of benzene rings is 3. The summed E-state index contributed by atoms with van der Waals surface area (Å²) in [6.07, 6.45) is 1.10. The second kappa shape index (κ2) is 9.47. The molecule has 1 atom stereocenters. The van der Waals surface area contributed by atoms with Crippen LogP contribution in [0.3, 0.4) is 0 Å². The van der Waals surface area contributed by atoms with E-state index in [4.69, 9.17) is 16.3 Å². The molecule has 1 aliphatic heterocycles. The third kappa shape index (κ3) is 4.63. The Bertz CT molecular complexity index is 1360. The Labute approximate surface area is 216 Å². The largest absolute Gasteiger partial charge is 0.489 e. The highest BCUT2D eigenvalue weighted by atomic mass is 35.5. The molecule has 0 unspecified atom stereocenters. The van der Waals surface area contributed by atoms with Gasteiger partial charge in [-0.2, -0.15) is 0 Å². The van der Waals surface area contributed by atoms with Gasteiger partial charge in [-0.3, -0.25) is 14.5 Å². The van der Waals surface area contributed by atoms with Crippen molar-refractivity contribution in [2.24, 2.45) is 5.41 Å². The van der Waals surface area contributed by atoms with Crippen LogP contribution in [0.2, 0.25) is 5.02 Å². The molecule has 5 nitrogen and oxygen atoms in total. The molecule has 0 spiro atoms. The van der Waals surface area contributed by atoms with Gasteiger partial charge in [0.2, 0.25) is 5.91 Å². The van der Waals surface area contributed by atoms with Crippen LogP contribution >= 0.6 is 11.6 Å². The Hall–Kier alpha value is -3.57. The van der Waals surface area contributed by atoms with Crippen molar-refractivity contribution in [3.8, 4) is 5.75 Å². The fourth-order valence-electron chi connectivity index (χ4n) is 5.19. The lowest BCUT2D eigenvalue weighted by Crippen LogP contribution is -2.38. The molecule has 0 aromatic heterocycles. The second-order valence-corrected chi connectivity index (χ2v) is 10.6. The summed E-state index contributed by atoms with van der Waals surface area (Å²) >= 11 is 6.86. The Balaban J connectivity index is 1.60. The van der Waals surface area contributed by atoms with E-state index in [9.17, 15) is 9.59 Å². The van der Waals surface area contributed by atoms with E-state index in [0.29, 0.717) is 41.4 Å². The lowest BCUT2D eigenvalue weighted by molar-refractivity contribution is -0.118. The van der Waals surface area contributed by atoms with Crippen molar-refractivity contribution in [2.75, 3.05) is 10.2 Å². The summed E-state index contributed by atoms with van der Waals surface area (Å²) in [4.78, 5) is 28.5. The number of allylic oxidation sites excluding steroid dienone is 1. The summed E-state index contributed by atoms with van der Waals surface area (Å²) in [5.74, 6) is 0.485. The highest BCUT2D eigenvalue weighted by Gasteiger charge is 2.43. The van der Waals surface area contributed by atoms with E-state index < -0.39 is 6.04 Å². The molecule has 6 heteroatoms. The number of carbonyl (C=O) groups is 2. The Morgan fingerprint density at radius 2 is 1.78 bits per heavy atom. The molecule has 0 saturated carbocycles. The molecule has 1 heterocycles. The van der Waals surface area contributed by atoms with Gasteiger partial charge in [0.1, 0.15) is 12.4 Å². The van der Waals surface area contributed by atoms with Crippen molar-refractivity contribution in [3.63, 3.8) is 0 Å². The van der Waals surface area contributed by atoms with E-state index in [0.717, 1.165) is 22.6 Å². The van der Waals surface area contributed by atoms with E-state index in [1.54, 1.807) is 11.0 Å². The quantitative estimate of drug-likeness (QED) is 0.415. The van der Waals surface area contributed by atoms with Gasteiger partial charge < -0.3 is 10.1 Å². The van der Waals surface area contributed by atoms with Crippen LogP contribution in [0.1, 0.15) is 50.8 Å². The van der Waals surface area contributed by atoms with Crippen LogP contribution in [0.5, 0.6) is 5.75 Å². The predicted molar refractivity (Wildman–Crippen MR) is 143 cm³/mol. The Morgan fingerprint density at radius 3 is 2.50 bits per heavy atom. The van der Waals surface area contributed by atoms with Gasteiger partial charge in [0.05, 0.1) is 17.4 Å². The Kier molecular flexibility index (Phi) is 6.35. The molecule has 1 N–H and O–H groups in total. The first kappa shape index (κ1) is 24.1. The average Bonchev–Trinajstić information content (AvgIpc) is 2.97. The number of fused-ring (bicyclic) bond motifs is 1. The molecule has 3 aromatic carbocycles.